The van der Waals surface area contributed by atoms with Gasteiger partial charge in [-0.25, -0.2) is 12.8 Å². The lowest BCUT2D eigenvalue weighted by molar-refractivity contribution is 0.0668. The zero-order chi connectivity index (χ0) is 16.0. The van der Waals surface area contributed by atoms with Crippen LogP contribution in [0.2, 0.25) is 0 Å². The maximum atomic E-state index is 13.5. The summed E-state index contributed by atoms with van der Waals surface area (Å²) >= 11 is 0. The maximum absolute atomic E-state index is 13.5. The Labute approximate surface area is 128 Å². The van der Waals surface area contributed by atoms with E-state index in [2.05, 4.69) is 0 Å². The summed E-state index contributed by atoms with van der Waals surface area (Å²) in [5, 5.41) is 0. The van der Waals surface area contributed by atoms with Gasteiger partial charge in [-0.2, -0.15) is 0 Å². The Kier molecular flexibility index (Phi) is 6.57. The second-order valence-corrected chi connectivity index (χ2v) is 6.76. The molecule has 0 saturated carbocycles. The van der Waals surface area contributed by atoms with Crippen LogP contribution in [0.1, 0.15) is 24.2 Å². The van der Waals surface area contributed by atoms with Crippen LogP contribution in [0, 0.1) is 5.82 Å². The van der Waals surface area contributed by atoms with Crippen molar-refractivity contribution in [3.05, 3.63) is 29.6 Å². The van der Waals surface area contributed by atoms with Crippen LogP contribution in [-0.4, -0.2) is 45.5 Å². The van der Waals surface area contributed by atoms with Crippen LogP contribution in [0.5, 0.6) is 0 Å². The molecule has 0 aliphatic heterocycles. The third-order valence-electron chi connectivity index (χ3n) is 2.78. The monoisotopic (exact) mass is 337 g/mol. The predicted octanol–water partition coefficient (Wildman–Crippen LogP) is 2.25. The minimum atomic E-state index is -4.10. The van der Waals surface area contributed by atoms with Gasteiger partial charge in [0.05, 0.1) is 11.5 Å². The number of hydrogen-bond donors (Lipinski definition) is 0. The fourth-order valence-electron chi connectivity index (χ4n) is 1.73. The van der Waals surface area contributed by atoms with E-state index in [-0.39, 0.29) is 5.56 Å². The molecule has 1 aromatic rings. The van der Waals surface area contributed by atoms with Crippen molar-refractivity contribution in [3.8, 4) is 0 Å². The molecular weight excluding hydrogens is 321 g/mol. The molecule has 5 nitrogen and oxygen atoms in total. The molecule has 0 fully saturated rings. The van der Waals surface area contributed by atoms with Crippen LogP contribution in [-0.2, 0) is 13.8 Å². The third-order valence-corrected chi connectivity index (χ3v) is 4.11. The molecule has 0 heterocycles. The van der Waals surface area contributed by atoms with Gasteiger partial charge < -0.3 is 9.64 Å². The largest absolute Gasteiger partial charge is 0.380 e. The molecule has 1 aromatic carbocycles. The summed E-state index contributed by atoms with van der Waals surface area (Å²) in [4.78, 5) is 13.3. The lowest BCUT2D eigenvalue weighted by Crippen LogP contribution is -2.34. The van der Waals surface area contributed by atoms with Gasteiger partial charge in [-0.3, -0.25) is 4.79 Å². The quantitative estimate of drug-likeness (QED) is 0.565. The number of halogens is 2. The van der Waals surface area contributed by atoms with Gasteiger partial charge in [0.15, 0.2) is 0 Å². The van der Waals surface area contributed by atoms with Crippen molar-refractivity contribution < 1.29 is 22.3 Å². The van der Waals surface area contributed by atoms with Crippen molar-refractivity contribution >= 4 is 25.6 Å². The van der Waals surface area contributed by atoms with Gasteiger partial charge >= 0.3 is 0 Å². The molecule has 0 radical (unpaired) electrons. The van der Waals surface area contributed by atoms with Crippen molar-refractivity contribution in [1.29, 1.82) is 0 Å². The summed E-state index contributed by atoms with van der Waals surface area (Å²) in [5.74, 6) is -1.31. The molecule has 8 heteroatoms. The number of nitrogens with zero attached hydrogens (tertiary/aromatic N) is 1. The van der Waals surface area contributed by atoms with Gasteiger partial charge in [0.2, 0.25) is 0 Å². The van der Waals surface area contributed by atoms with Gasteiger partial charge in [0.1, 0.15) is 5.82 Å². The van der Waals surface area contributed by atoms with Crippen molar-refractivity contribution in [2.45, 2.75) is 18.7 Å². The second kappa shape index (κ2) is 7.72. The van der Waals surface area contributed by atoms with Crippen LogP contribution in [0.4, 0.5) is 4.39 Å². The molecule has 118 valence electrons. The van der Waals surface area contributed by atoms with Gasteiger partial charge in [-0.05, 0) is 32.0 Å². The first-order valence-electron chi connectivity index (χ1n) is 6.41. The van der Waals surface area contributed by atoms with E-state index in [1.165, 1.54) is 4.90 Å². The van der Waals surface area contributed by atoms with Crippen molar-refractivity contribution in [2.75, 3.05) is 26.3 Å². The van der Waals surface area contributed by atoms with E-state index < -0.39 is 25.7 Å². The van der Waals surface area contributed by atoms with Gasteiger partial charge in [-0.15, -0.1) is 0 Å². The highest BCUT2D eigenvalue weighted by Crippen LogP contribution is 2.19. The summed E-state index contributed by atoms with van der Waals surface area (Å²) < 4.78 is 41.2. The molecule has 0 atom stereocenters. The lowest BCUT2D eigenvalue weighted by Gasteiger charge is -2.21. The normalized spacial score (nSPS) is 11.4. The zero-order valence-electron chi connectivity index (χ0n) is 11.8. The number of rotatable bonds is 7. The summed E-state index contributed by atoms with van der Waals surface area (Å²) in [6.07, 6.45) is 0. The van der Waals surface area contributed by atoms with Gasteiger partial charge in [0.25, 0.3) is 15.0 Å². The van der Waals surface area contributed by atoms with Crippen LogP contribution >= 0.6 is 10.7 Å². The Morgan fingerprint density at radius 2 is 2.00 bits per heavy atom. The van der Waals surface area contributed by atoms with Crippen molar-refractivity contribution in [1.82, 2.24) is 4.90 Å². The number of carbonyl (C=O) groups excluding carboxylic acids is 1. The zero-order valence-corrected chi connectivity index (χ0v) is 13.4. The summed E-state index contributed by atoms with van der Waals surface area (Å²) in [7, 11) is 1.09. The molecule has 0 spiro atoms. The molecule has 0 aliphatic rings. The molecule has 1 amide bonds. The van der Waals surface area contributed by atoms with E-state index in [9.17, 15) is 17.6 Å². The van der Waals surface area contributed by atoms with E-state index in [1.807, 2.05) is 6.92 Å². The van der Waals surface area contributed by atoms with Crippen LogP contribution in [0.15, 0.2) is 23.1 Å². The number of amides is 1. The maximum Gasteiger partial charge on any atom is 0.261 e. The fourth-order valence-corrected chi connectivity index (χ4v) is 2.52. The predicted molar refractivity (Wildman–Crippen MR) is 77.5 cm³/mol. The van der Waals surface area contributed by atoms with E-state index in [4.69, 9.17) is 15.4 Å². The van der Waals surface area contributed by atoms with Crippen molar-refractivity contribution in [3.63, 3.8) is 0 Å². The summed E-state index contributed by atoms with van der Waals surface area (Å²) in [6, 6.07) is 2.82. The highest BCUT2D eigenvalue weighted by molar-refractivity contribution is 8.13. The van der Waals surface area contributed by atoms with E-state index in [1.54, 1.807) is 6.92 Å². The topological polar surface area (TPSA) is 63.7 Å². The number of carbonyl (C=O) groups is 1. The lowest BCUT2D eigenvalue weighted by atomic mass is 10.2. The van der Waals surface area contributed by atoms with E-state index >= 15 is 0 Å². The van der Waals surface area contributed by atoms with Crippen LogP contribution < -0.4 is 0 Å². The molecule has 0 aliphatic carbocycles. The molecular formula is C13H17ClFNO4S. The molecule has 0 unspecified atom stereocenters. The minimum Gasteiger partial charge on any atom is -0.380 e. The first kappa shape index (κ1) is 17.9. The van der Waals surface area contributed by atoms with Gasteiger partial charge in [-0.1, -0.05) is 0 Å². The Hall–Kier alpha value is -1.18. The molecule has 0 N–H and O–H groups in total. The average Bonchev–Trinajstić information content (AvgIpc) is 2.41. The Bertz CT molecular complexity index is 606. The molecule has 0 aromatic heterocycles. The highest BCUT2D eigenvalue weighted by Gasteiger charge is 2.19. The standard InChI is InChI=1S/C13H17ClFNO4S/c1-3-16(5-6-20-4-2)13(17)10-7-11(15)9-12(8-10)21(14,18)19/h7-9H,3-6H2,1-2H3. The first-order valence-corrected chi connectivity index (χ1v) is 8.72. The van der Waals surface area contributed by atoms with E-state index in [0.29, 0.717) is 26.3 Å². The Morgan fingerprint density at radius 3 is 2.52 bits per heavy atom. The van der Waals surface area contributed by atoms with Crippen molar-refractivity contribution in [2.24, 2.45) is 0 Å². The number of hydrogen-bond acceptors (Lipinski definition) is 4. The van der Waals surface area contributed by atoms with E-state index in [0.717, 1.165) is 18.2 Å². The Balaban J connectivity index is 3.03. The molecule has 21 heavy (non-hydrogen) atoms. The summed E-state index contributed by atoms with van der Waals surface area (Å²) in [6.45, 7) is 5.21. The van der Waals surface area contributed by atoms with Crippen LogP contribution in [0.3, 0.4) is 0 Å². The molecule has 0 saturated heterocycles. The smallest absolute Gasteiger partial charge is 0.261 e. The van der Waals surface area contributed by atoms with Gasteiger partial charge in [0, 0.05) is 35.9 Å². The molecule has 1 rings (SSSR count). The number of benzene rings is 1. The average molecular weight is 338 g/mol. The van der Waals surface area contributed by atoms with Crippen LogP contribution in [0.25, 0.3) is 0 Å². The second-order valence-electron chi connectivity index (χ2n) is 4.20. The first-order chi connectivity index (χ1) is 9.79. The highest BCUT2D eigenvalue weighted by atomic mass is 35.7. The summed E-state index contributed by atoms with van der Waals surface area (Å²) in [5.41, 5.74) is -0.0624. The molecule has 0 bridgehead atoms. The fraction of sp³-hybridized carbons (Fsp3) is 0.462. The number of ether oxygens (including phenoxy) is 1. The SMILES string of the molecule is CCOCCN(CC)C(=O)c1cc(F)cc(S(=O)(=O)Cl)c1. The minimum absolute atomic E-state index is 0.0624. The number of likely N-dealkylation sites (N-methyl/N-ethyl adjacent to an activating group) is 1. The Morgan fingerprint density at radius 1 is 1.33 bits per heavy atom. The third kappa shape index (κ3) is 5.26.